The van der Waals surface area contributed by atoms with E-state index in [9.17, 15) is 4.39 Å². The highest BCUT2D eigenvalue weighted by Gasteiger charge is 2.50. The number of anilines is 1. The van der Waals surface area contributed by atoms with Gasteiger partial charge in [0.15, 0.2) is 11.6 Å². The molecule has 1 fully saturated rings. The van der Waals surface area contributed by atoms with Gasteiger partial charge in [-0.2, -0.15) is 0 Å². The van der Waals surface area contributed by atoms with Gasteiger partial charge in [-0.05, 0) is 35.3 Å². The number of ether oxygens (including phenoxy) is 1. The van der Waals surface area contributed by atoms with Crippen LogP contribution in [0.2, 0.25) is 5.04 Å². The van der Waals surface area contributed by atoms with Gasteiger partial charge in [-0.3, -0.25) is 0 Å². The normalized spacial score (nSPS) is 19.1. The smallest absolute Gasteiger partial charge is 0.261 e. The Balaban J connectivity index is 1.80. The minimum absolute atomic E-state index is 0.0872. The molecule has 3 aromatic carbocycles. The van der Waals surface area contributed by atoms with Gasteiger partial charge in [-0.25, -0.2) is 8.78 Å². The van der Waals surface area contributed by atoms with Crippen molar-refractivity contribution in [3.8, 4) is 0 Å². The molecule has 2 atom stereocenters. The lowest BCUT2D eigenvalue weighted by Gasteiger charge is -2.43. The Morgan fingerprint density at radius 3 is 1.94 bits per heavy atom. The lowest BCUT2D eigenvalue weighted by atomic mass is 10.1. The number of hydrogen-bond donors (Lipinski definition) is 0. The van der Waals surface area contributed by atoms with Crippen molar-refractivity contribution in [3.63, 3.8) is 0 Å². The number of halogens is 2. The van der Waals surface area contributed by atoms with Gasteiger partial charge in [-0.1, -0.05) is 81.4 Å². The fourth-order valence-corrected chi connectivity index (χ4v) is 9.81. The van der Waals surface area contributed by atoms with E-state index in [0.29, 0.717) is 18.7 Å². The molecule has 1 heterocycles. The van der Waals surface area contributed by atoms with Crippen molar-refractivity contribution in [3.05, 3.63) is 90.0 Å². The molecule has 0 unspecified atom stereocenters. The van der Waals surface area contributed by atoms with Crippen LogP contribution in [-0.4, -0.2) is 33.6 Å². The summed E-state index contributed by atoms with van der Waals surface area (Å²) in [6.45, 7) is 11.6. The number of benzene rings is 3. The highest BCUT2D eigenvalue weighted by Crippen LogP contribution is 2.38. The maximum atomic E-state index is 15.3. The van der Waals surface area contributed by atoms with E-state index < -0.39 is 20.0 Å². The minimum atomic E-state index is -2.84. The molecule has 4 rings (SSSR count). The summed E-state index contributed by atoms with van der Waals surface area (Å²) in [4.78, 5) is 1.88. The first-order valence-corrected chi connectivity index (χ1v) is 14.1. The number of rotatable bonds is 6. The van der Waals surface area contributed by atoms with Crippen molar-refractivity contribution in [2.75, 3.05) is 18.0 Å². The second-order valence-corrected chi connectivity index (χ2v) is 14.7. The molecule has 3 aromatic rings. The zero-order valence-corrected chi connectivity index (χ0v) is 22.1. The molecule has 1 aliphatic rings. The summed E-state index contributed by atoms with van der Waals surface area (Å²) < 4.78 is 42.5. The van der Waals surface area contributed by atoms with Gasteiger partial charge in [0, 0.05) is 24.7 Å². The predicted octanol–water partition coefficient (Wildman–Crippen LogP) is 5.46. The Kier molecular flexibility index (Phi) is 7.45. The lowest BCUT2D eigenvalue weighted by molar-refractivity contribution is -0.00553. The van der Waals surface area contributed by atoms with Gasteiger partial charge in [0.1, 0.15) is 0 Å². The molecule has 0 N–H and O–H groups in total. The van der Waals surface area contributed by atoms with Crippen LogP contribution in [-0.2, 0) is 15.8 Å². The SMILES string of the molecule is C[C@@H]1CN(c2c(CO[Si](c3ccccc3)(c3ccccc3)C(C)(C)C)c[c]c(F)c2F)C[C@H](C)O1. The summed E-state index contributed by atoms with van der Waals surface area (Å²) in [5.41, 5.74) is 0.847. The first kappa shape index (κ1) is 25.5. The van der Waals surface area contributed by atoms with Crippen LogP contribution in [0.1, 0.15) is 40.2 Å². The molecule has 0 aromatic heterocycles. The fourth-order valence-electron chi connectivity index (χ4n) is 5.29. The molecular weight excluding hydrogens is 460 g/mol. The van der Waals surface area contributed by atoms with E-state index >= 15 is 4.39 Å². The predicted molar refractivity (Wildman–Crippen MR) is 140 cm³/mol. The molecule has 0 aliphatic carbocycles. The van der Waals surface area contributed by atoms with Crippen LogP contribution in [0.5, 0.6) is 0 Å². The molecule has 0 amide bonds. The summed E-state index contributed by atoms with van der Waals surface area (Å²) >= 11 is 0. The van der Waals surface area contributed by atoms with E-state index in [4.69, 9.17) is 9.16 Å². The maximum Gasteiger partial charge on any atom is 0.261 e. The lowest BCUT2D eigenvalue weighted by Crippen LogP contribution is -2.66. The number of nitrogens with zero attached hydrogens (tertiary/aromatic N) is 1. The topological polar surface area (TPSA) is 21.7 Å². The molecule has 0 spiro atoms. The van der Waals surface area contributed by atoms with Crippen LogP contribution in [0.3, 0.4) is 0 Å². The van der Waals surface area contributed by atoms with E-state index in [-0.39, 0.29) is 29.5 Å². The van der Waals surface area contributed by atoms with E-state index in [2.05, 4.69) is 51.1 Å². The van der Waals surface area contributed by atoms with E-state index in [1.54, 1.807) is 0 Å². The zero-order chi connectivity index (χ0) is 25.2. The van der Waals surface area contributed by atoms with Gasteiger partial charge in [0.2, 0.25) is 0 Å². The summed E-state index contributed by atoms with van der Waals surface area (Å²) in [5, 5.41) is 2.06. The summed E-state index contributed by atoms with van der Waals surface area (Å²) in [5.74, 6) is -1.85. The van der Waals surface area contributed by atoms with Gasteiger partial charge in [0.05, 0.1) is 24.5 Å². The van der Waals surface area contributed by atoms with Crippen LogP contribution in [0.15, 0.2) is 66.7 Å². The average molecular weight is 495 g/mol. The number of morpholine rings is 1. The third-order valence-corrected chi connectivity index (χ3v) is 11.7. The summed E-state index contributed by atoms with van der Waals surface area (Å²) in [7, 11) is -2.84. The van der Waals surface area contributed by atoms with Gasteiger partial charge in [0.25, 0.3) is 8.32 Å². The van der Waals surface area contributed by atoms with Crippen molar-refractivity contribution in [1.82, 2.24) is 0 Å². The first-order chi connectivity index (χ1) is 16.6. The Bertz CT molecular complexity index is 1090. The quantitative estimate of drug-likeness (QED) is 0.425. The molecule has 3 nitrogen and oxygen atoms in total. The second-order valence-electron chi connectivity index (χ2n) is 10.4. The zero-order valence-electron chi connectivity index (χ0n) is 21.1. The van der Waals surface area contributed by atoms with Crippen molar-refractivity contribution < 1.29 is 17.9 Å². The van der Waals surface area contributed by atoms with Crippen molar-refractivity contribution in [1.29, 1.82) is 0 Å². The van der Waals surface area contributed by atoms with Crippen LogP contribution in [0.25, 0.3) is 0 Å². The minimum Gasteiger partial charge on any atom is -0.403 e. The standard InChI is InChI=1S/C29H34F2NO2Si/c1-21-18-32(19-22(2)34-21)28-23(16-17-26(30)27(28)31)20-33-35(29(3,4)5,24-12-8-6-9-13-24)25-14-10-7-11-15-25/h6-16,21-22H,18-20H2,1-5H3/t21-,22+. The van der Waals surface area contributed by atoms with E-state index in [1.807, 2.05) is 55.1 Å². The molecule has 0 saturated carbocycles. The second kappa shape index (κ2) is 10.2. The van der Waals surface area contributed by atoms with Gasteiger partial charge in [-0.15, -0.1) is 0 Å². The molecular formula is C29H34F2NO2Si. The van der Waals surface area contributed by atoms with E-state index in [0.717, 1.165) is 10.4 Å². The average Bonchev–Trinajstić information content (AvgIpc) is 2.81. The Morgan fingerprint density at radius 2 is 1.46 bits per heavy atom. The van der Waals surface area contributed by atoms with Gasteiger partial charge >= 0.3 is 0 Å². The summed E-state index contributed by atoms with van der Waals surface area (Å²) in [6.07, 6.45) is -0.174. The van der Waals surface area contributed by atoms with Crippen LogP contribution in [0.4, 0.5) is 14.5 Å². The van der Waals surface area contributed by atoms with Crippen LogP contribution in [0, 0.1) is 17.7 Å². The van der Waals surface area contributed by atoms with Crippen molar-refractivity contribution in [2.45, 2.75) is 58.5 Å². The summed E-state index contributed by atoms with van der Waals surface area (Å²) in [6, 6.07) is 24.6. The molecule has 185 valence electrons. The molecule has 1 aliphatic heterocycles. The molecule has 6 heteroatoms. The third-order valence-electron chi connectivity index (χ3n) is 6.67. The Morgan fingerprint density at radius 1 is 0.943 bits per heavy atom. The van der Waals surface area contributed by atoms with Gasteiger partial charge < -0.3 is 14.1 Å². The van der Waals surface area contributed by atoms with E-state index in [1.165, 1.54) is 6.07 Å². The molecule has 1 radical (unpaired) electrons. The highest BCUT2D eigenvalue weighted by atomic mass is 28.4. The molecule has 1 saturated heterocycles. The molecule has 0 bridgehead atoms. The fraction of sp³-hybridized carbons (Fsp3) is 0.379. The number of hydrogen-bond acceptors (Lipinski definition) is 3. The first-order valence-electron chi connectivity index (χ1n) is 12.2. The largest absolute Gasteiger partial charge is 0.403 e. The Hall–Kier alpha value is -2.54. The third kappa shape index (κ3) is 5.06. The van der Waals surface area contributed by atoms with Crippen LogP contribution < -0.4 is 15.3 Å². The van der Waals surface area contributed by atoms with Crippen LogP contribution >= 0.6 is 0 Å². The monoisotopic (exact) mass is 494 g/mol. The highest BCUT2D eigenvalue weighted by molar-refractivity contribution is 6.99. The maximum absolute atomic E-state index is 15.3. The molecule has 35 heavy (non-hydrogen) atoms. The van der Waals surface area contributed by atoms with Crippen molar-refractivity contribution >= 4 is 24.4 Å². The Labute approximate surface area is 208 Å². The van der Waals surface area contributed by atoms with Crippen molar-refractivity contribution in [2.24, 2.45) is 0 Å².